The van der Waals surface area contributed by atoms with Crippen molar-refractivity contribution in [2.45, 2.75) is 39.5 Å². The molecule has 0 atom stereocenters. The second-order valence-electron chi connectivity index (χ2n) is 1.71. The molecule has 0 saturated carbocycles. The van der Waals surface area contributed by atoms with Gasteiger partial charge in [0, 0.05) is 0 Å². The minimum absolute atomic E-state index is 0. The molecule has 0 nitrogen and oxygen atoms in total. The van der Waals surface area contributed by atoms with Gasteiger partial charge in [-0.15, -0.1) is 0 Å². The van der Waals surface area contributed by atoms with Gasteiger partial charge in [0.1, 0.15) is 0 Å². The largest absolute Gasteiger partial charge is 2.00 e. The van der Waals surface area contributed by atoms with Crippen LogP contribution in [-0.2, 0) is 0 Å². The van der Waals surface area contributed by atoms with Gasteiger partial charge in [-0.25, -0.2) is 0 Å². The molecule has 0 radical (unpaired) electrons. The zero-order valence-electron chi connectivity index (χ0n) is 5.54. The van der Waals surface area contributed by atoms with Gasteiger partial charge in [-0.3, -0.25) is 0 Å². The number of hydrogen-bond donors (Lipinski definition) is 0. The molecule has 0 rings (SSSR count). The van der Waals surface area contributed by atoms with Crippen molar-refractivity contribution in [2.24, 2.45) is 0 Å². The van der Waals surface area contributed by atoms with Gasteiger partial charge >= 0.3 is 23.1 Å². The Hall–Kier alpha value is 0.766. The van der Waals surface area contributed by atoms with E-state index in [1.807, 2.05) is 0 Å². The monoisotopic (exact) mass is 110 g/mol. The predicted molar refractivity (Wildman–Crippen MR) is 35.6 cm³/mol. The van der Waals surface area contributed by atoms with E-state index in [1.54, 1.807) is 0 Å². The molecule has 0 aromatic rings. The summed E-state index contributed by atoms with van der Waals surface area (Å²) in [7, 11) is 0. The number of rotatable bonds is 3. The van der Waals surface area contributed by atoms with Gasteiger partial charge in [0.25, 0.3) is 0 Å². The molecule has 0 fully saturated rings. The molecule has 0 saturated heterocycles. The molecule has 0 bridgehead atoms. The van der Waals surface area contributed by atoms with E-state index in [9.17, 15) is 0 Å². The Kier molecular flexibility index (Phi) is 15.1. The molecule has 0 heterocycles. The summed E-state index contributed by atoms with van der Waals surface area (Å²) in [6.45, 7) is 4.46. The van der Waals surface area contributed by atoms with E-state index in [4.69, 9.17) is 0 Å². The third-order valence-corrected chi connectivity index (χ3v) is 0.957. The van der Waals surface area contributed by atoms with Crippen LogP contribution in [0.4, 0.5) is 0 Å². The van der Waals surface area contributed by atoms with Crippen LogP contribution in [0.2, 0.25) is 0 Å². The fourth-order valence-electron chi connectivity index (χ4n) is 0.500. The zero-order valence-corrected chi connectivity index (χ0v) is 6.95. The Morgan fingerprint density at radius 1 is 0.857 bits per heavy atom. The van der Waals surface area contributed by atoms with Crippen LogP contribution in [0.15, 0.2) is 0 Å². The van der Waals surface area contributed by atoms with Crippen LogP contribution in [0.25, 0.3) is 0 Å². The first-order chi connectivity index (χ1) is 2.91. The van der Waals surface area contributed by atoms with Crippen LogP contribution in [0.3, 0.4) is 0 Å². The molecule has 0 aliphatic rings. The van der Waals surface area contributed by atoms with E-state index in [0.29, 0.717) is 0 Å². The summed E-state index contributed by atoms with van der Waals surface area (Å²) in [5, 5.41) is 0. The van der Waals surface area contributed by atoms with E-state index in [1.165, 1.54) is 25.7 Å². The van der Waals surface area contributed by atoms with Crippen LogP contribution in [-0.4, -0.2) is 23.1 Å². The van der Waals surface area contributed by atoms with Crippen LogP contribution in [0.1, 0.15) is 39.5 Å². The van der Waals surface area contributed by atoms with Gasteiger partial charge in [-0.2, -0.15) is 0 Å². The summed E-state index contributed by atoms with van der Waals surface area (Å²) in [6, 6.07) is 0. The molecule has 0 amide bonds. The molecule has 0 aliphatic heterocycles. The zero-order chi connectivity index (χ0) is 4.83. The summed E-state index contributed by atoms with van der Waals surface area (Å²) in [5.41, 5.74) is 0. The van der Waals surface area contributed by atoms with Crippen molar-refractivity contribution in [2.75, 3.05) is 0 Å². The maximum Gasteiger partial charge on any atom is 2.00 e. The molecule has 0 unspecified atom stereocenters. The van der Waals surface area contributed by atoms with Gasteiger partial charge < -0.3 is 0 Å². The molecule has 0 spiro atoms. The Morgan fingerprint density at radius 2 is 1.14 bits per heavy atom. The normalized spacial score (nSPS) is 7.71. The van der Waals surface area contributed by atoms with Crippen molar-refractivity contribution < 1.29 is 0 Å². The third kappa shape index (κ3) is 10.8. The maximum absolute atomic E-state index is 2.23. The van der Waals surface area contributed by atoms with Crippen molar-refractivity contribution in [3.63, 3.8) is 0 Å². The van der Waals surface area contributed by atoms with Gasteiger partial charge in [0.05, 0.1) is 0 Å². The minimum Gasteiger partial charge on any atom is -0.0654 e. The second-order valence-corrected chi connectivity index (χ2v) is 1.71. The summed E-state index contributed by atoms with van der Waals surface area (Å²) >= 11 is 0. The van der Waals surface area contributed by atoms with Crippen LogP contribution < -0.4 is 0 Å². The average Bonchev–Trinajstić information content (AvgIpc) is 1.61. The van der Waals surface area contributed by atoms with Crippen LogP contribution >= 0.6 is 0 Å². The smallest absolute Gasteiger partial charge is 0.0654 e. The molecular formula is C6H14Mg+2. The van der Waals surface area contributed by atoms with Crippen molar-refractivity contribution in [3.05, 3.63) is 0 Å². The Balaban J connectivity index is 0. The van der Waals surface area contributed by atoms with E-state index in [0.717, 1.165) is 0 Å². The first kappa shape index (κ1) is 10.7. The Bertz CT molecular complexity index is 16.1. The second kappa shape index (κ2) is 9.90. The van der Waals surface area contributed by atoms with Crippen molar-refractivity contribution >= 4 is 23.1 Å². The molecule has 0 aromatic heterocycles. The molecule has 38 valence electrons. The van der Waals surface area contributed by atoms with Crippen LogP contribution in [0.5, 0.6) is 0 Å². The van der Waals surface area contributed by atoms with Gasteiger partial charge in [0.15, 0.2) is 0 Å². The van der Waals surface area contributed by atoms with Gasteiger partial charge in [-0.1, -0.05) is 39.5 Å². The Labute approximate surface area is 62.8 Å². The average molecular weight is 110 g/mol. The fourth-order valence-corrected chi connectivity index (χ4v) is 0.500. The molecule has 0 aliphatic carbocycles. The molecule has 0 aromatic carbocycles. The maximum atomic E-state index is 2.23. The van der Waals surface area contributed by atoms with Gasteiger partial charge in [0.2, 0.25) is 0 Å². The van der Waals surface area contributed by atoms with Crippen LogP contribution in [0, 0.1) is 0 Å². The number of hydrogen-bond acceptors (Lipinski definition) is 0. The summed E-state index contributed by atoms with van der Waals surface area (Å²) < 4.78 is 0. The van der Waals surface area contributed by atoms with Gasteiger partial charge in [-0.05, 0) is 0 Å². The Morgan fingerprint density at radius 3 is 1.29 bits per heavy atom. The summed E-state index contributed by atoms with van der Waals surface area (Å²) in [6.07, 6.45) is 5.54. The standard InChI is InChI=1S/C6H14.Mg/c1-3-5-6-4-2;/h3-6H2,1-2H3;/q;+2. The van der Waals surface area contributed by atoms with E-state index in [2.05, 4.69) is 13.8 Å². The first-order valence-corrected chi connectivity index (χ1v) is 2.91. The third-order valence-electron chi connectivity index (χ3n) is 0.957. The molecule has 0 N–H and O–H groups in total. The number of unbranched alkanes of at least 4 members (excludes halogenated alkanes) is 3. The predicted octanol–water partition coefficient (Wildman–Crippen LogP) is 2.21. The summed E-state index contributed by atoms with van der Waals surface area (Å²) in [4.78, 5) is 0. The first-order valence-electron chi connectivity index (χ1n) is 2.91. The SMILES string of the molecule is CCCCCC.[Mg+2]. The molecule has 1 heteroatoms. The fraction of sp³-hybridized carbons (Fsp3) is 1.00. The van der Waals surface area contributed by atoms with Crippen molar-refractivity contribution in [1.29, 1.82) is 0 Å². The van der Waals surface area contributed by atoms with Crippen molar-refractivity contribution in [3.8, 4) is 0 Å². The molecular weight excluding hydrogens is 96.4 g/mol. The minimum atomic E-state index is 0. The summed E-state index contributed by atoms with van der Waals surface area (Å²) in [5.74, 6) is 0. The van der Waals surface area contributed by atoms with E-state index < -0.39 is 0 Å². The van der Waals surface area contributed by atoms with Crippen molar-refractivity contribution in [1.82, 2.24) is 0 Å². The van der Waals surface area contributed by atoms with E-state index >= 15 is 0 Å². The van der Waals surface area contributed by atoms with E-state index in [-0.39, 0.29) is 23.1 Å². The quantitative estimate of drug-likeness (QED) is 0.386. The topological polar surface area (TPSA) is 0 Å². The molecule has 7 heavy (non-hydrogen) atoms.